The summed E-state index contributed by atoms with van der Waals surface area (Å²) in [4.78, 5) is 26.6. The van der Waals surface area contributed by atoms with E-state index in [0.717, 1.165) is 18.8 Å². The van der Waals surface area contributed by atoms with Gasteiger partial charge in [0, 0.05) is 51.4 Å². The number of nitrogens with one attached hydrogen (secondary N) is 2. The molecule has 1 amide bonds. The third-order valence-electron chi connectivity index (χ3n) is 6.42. The summed E-state index contributed by atoms with van der Waals surface area (Å²) in [5, 5.41) is 20.5. The minimum absolute atomic E-state index is 0.0466. The van der Waals surface area contributed by atoms with E-state index in [4.69, 9.17) is 4.74 Å². The number of hydrogen-bond donors (Lipinski definition) is 2. The molecule has 12 nitrogen and oxygen atoms in total. The zero-order chi connectivity index (χ0) is 25.6. The van der Waals surface area contributed by atoms with E-state index in [2.05, 4.69) is 62.5 Å². The SMILES string of the molecule is CC(=O)Nc1cc(Oc2cnc3nc(Nc4cc5n(n4)CCC(C)(C)N5C)n(C)c3c2C#N)ccn1. The quantitative estimate of drug-likeness (QED) is 0.433. The molecule has 1 aliphatic rings. The summed E-state index contributed by atoms with van der Waals surface area (Å²) in [6.45, 7) is 6.65. The van der Waals surface area contributed by atoms with Gasteiger partial charge in [0.25, 0.3) is 0 Å². The molecule has 4 aromatic heterocycles. The van der Waals surface area contributed by atoms with E-state index in [1.165, 1.54) is 19.3 Å². The van der Waals surface area contributed by atoms with Crippen molar-refractivity contribution in [1.29, 1.82) is 5.26 Å². The van der Waals surface area contributed by atoms with Gasteiger partial charge in [-0.1, -0.05) is 0 Å². The molecule has 0 fully saturated rings. The number of fused-ring (bicyclic) bond motifs is 2. The van der Waals surface area contributed by atoms with Crippen LogP contribution in [0.3, 0.4) is 0 Å². The summed E-state index contributed by atoms with van der Waals surface area (Å²) in [6.07, 6.45) is 3.96. The summed E-state index contributed by atoms with van der Waals surface area (Å²) in [5.41, 5.74) is 1.26. The lowest BCUT2D eigenvalue weighted by atomic mass is 9.97. The first-order chi connectivity index (χ1) is 17.2. The number of ether oxygens (including phenoxy) is 1. The van der Waals surface area contributed by atoms with E-state index in [0.29, 0.717) is 34.5 Å². The van der Waals surface area contributed by atoms with Crippen LogP contribution < -0.4 is 20.3 Å². The number of nitrogens with zero attached hydrogens (tertiary/aromatic N) is 8. The lowest BCUT2D eigenvalue weighted by Gasteiger charge is -2.41. The van der Waals surface area contributed by atoms with Gasteiger partial charge < -0.3 is 24.8 Å². The van der Waals surface area contributed by atoms with Gasteiger partial charge in [0.2, 0.25) is 11.9 Å². The van der Waals surface area contributed by atoms with Crippen LogP contribution in [0.5, 0.6) is 11.5 Å². The van der Waals surface area contributed by atoms with Gasteiger partial charge in [0.05, 0.1) is 6.20 Å². The predicted octanol–water partition coefficient (Wildman–Crippen LogP) is 3.54. The van der Waals surface area contributed by atoms with Gasteiger partial charge >= 0.3 is 0 Å². The molecule has 5 heterocycles. The van der Waals surface area contributed by atoms with Crippen LogP contribution in [-0.2, 0) is 18.4 Å². The number of anilines is 4. The fourth-order valence-corrected chi connectivity index (χ4v) is 4.18. The molecule has 0 saturated carbocycles. The molecule has 2 N–H and O–H groups in total. The van der Waals surface area contributed by atoms with E-state index >= 15 is 0 Å². The number of carbonyl (C=O) groups excluding carboxylic acids is 1. The van der Waals surface area contributed by atoms with E-state index in [1.54, 1.807) is 23.7 Å². The molecular formula is C24H26N10O2. The number of rotatable bonds is 5. The monoisotopic (exact) mass is 486 g/mol. The molecule has 0 atom stereocenters. The van der Waals surface area contributed by atoms with Crippen LogP contribution in [0.2, 0.25) is 0 Å². The average molecular weight is 487 g/mol. The maximum atomic E-state index is 11.3. The summed E-state index contributed by atoms with van der Waals surface area (Å²) < 4.78 is 9.68. The smallest absolute Gasteiger partial charge is 0.222 e. The van der Waals surface area contributed by atoms with E-state index in [9.17, 15) is 10.1 Å². The minimum Gasteiger partial charge on any atom is -0.454 e. The van der Waals surface area contributed by atoms with Gasteiger partial charge in [-0.25, -0.2) is 14.6 Å². The molecule has 12 heteroatoms. The van der Waals surface area contributed by atoms with Crippen molar-refractivity contribution in [3.05, 3.63) is 36.2 Å². The molecule has 184 valence electrons. The highest BCUT2D eigenvalue weighted by molar-refractivity contribution is 5.88. The first-order valence-electron chi connectivity index (χ1n) is 11.4. The number of pyridine rings is 2. The predicted molar refractivity (Wildman–Crippen MR) is 134 cm³/mol. The van der Waals surface area contributed by atoms with Crippen LogP contribution in [0.4, 0.5) is 23.4 Å². The number of aryl methyl sites for hydroxylation is 2. The third kappa shape index (κ3) is 4.04. The minimum atomic E-state index is -0.246. The normalized spacial score (nSPS) is 14.3. The average Bonchev–Trinajstić information content (AvgIpc) is 3.38. The van der Waals surface area contributed by atoms with E-state index in [-0.39, 0.29) is 22.8 Å². The second-order valence-electron chi connectivity index (χ2n) is 9.29. The molecule has 5 rings (SSSR count). The van der Waals surface area contributed by atoms with Crippen LogP contribution in [-0.4, -0.2) is 47.8 Å². The highest BCUT2D eigenvalue weighted by Gasteiger charge is 2.31. The van der Waals surface area contributed by atoms with Crippen LogP contribution in [0.15, 0.2) is 30.6 Å². The topological polar surface area (TPSA) is 139 Å². The van der Waals surface area contributed by atoms with Crippen molar-refractivity contribution in [3.63, 3.8) is 0 Å². The first-order valence-corrected chi connectivity index (χ1v) is 11.4. The summed E-state index contributed by atoms with van der Waals surface area (Å²) in [5.74, 6) is 2.95. The lowest BCUT2D eigenvalue weighted by Crippen LogP contribution is -2.46. The number of amides is 1. The van der Waals surface area contributed by atoms with E-state index < -0.39 is 0 Å². The Morgan fingerprint density at radius 1 is 1.22 bits per heavy atom. The number of nitriles is 1. The van der Waals surface area contributed by atoms with Gasteiger partial charge in [-0.3, -0.25) is 4.79 Å². The Balaban J connectivity index is 1.46. The molecule has 4 aromatic rings. The first kappa shape index (κ1) is 23.1. The molecule has 0 unspecified atom stereocenters. The Morgan fingerprint density at radius 2 is 2.03 bits per heavy atom. The Kier molecular flexibility index (Phi) is 5.47. The molecule has 0 aromatic carbocycles. The van der Waals surface area contributed by atoms with Gasteiger partial charge in [-0.2, -0.15) is 15.3 Å². The zero-order valence-electron chi connectivity index (χ0n) is 20.7. The largest absolute Gasteiger partial charge is 0.454 e. The van der Waals surface area contributed by atoms with Gasteiger partial charge in [-0.15, -0.1) is 0 Å². The number of carbonyl (C=O) groups is 1. The fraction of sp³-hybridized carbons (Fsp3) is 0.333. The lowest BCUT2D eigenvalue weighted by molar-refractivity contribution is -0.114. The highest BCUT2D eigenvalue weighted by atomic mass is 16.5. The van der Waals surface area contributed by atoms with Gasteiger partial charge in [-0.05, 0) is 26.3 Å². The van der Waals surface area contributed by atoms with Crippen LogP contribution in [0.1, 0.15) is 32.8 Å². The second kappa shape index (κ2) is 8.53. The maximum Gasteiger partial charge on any atom is 0.222 e. The van der Waals surface area contributed by atoms with Crippen molar-refractivity contribution in [2.24, 2.45) is 7.05 Å². The van der Waals surface area contributed by atoms with E-state index in [1.807, 2.05) is 10.7 Å². The third-order valence-corrected chi connectivity index (χ3v) is 6.42. The molecule has 0 aliphatic carbocycles. The van der Waals surface area contributed by atoms with Crippen molar-refractivity contribution >= 4 is 40.5 Å². The van der Waals surface area contributed by atoms with Crippen LogP contribution in [0, 0.1) is 11.3 Å². The molecule has 0 radical (unpaired) electrons. The van der Waals surface area contributed by atoms with Crippen LogP contribution in [0.25, 0.3) is 11.2 Å². The maximum absolute atomic E-state index is 11.3. The molecule has 0 spiro atoms. The summed E-state index contributed by atoms with van der Waals surface area (Å²) in [6, 6.07) is 7.40. The zero-order valence-corrected chi connectivity index (χ0v) is 20.7. The highest BCUT2D eigenvalue weighted by Crippen LogP contribution is 2.35. The van der Waals surface area contributed by atoms with Crippen molar-refractivity contribution in [1.82, 2.24) is 29.3 Å². The second-order valence-corrected chi connectivity index (χ2v) is 9.29. The molecule has 0 saturated heterocycles. The number of imidazole rings is 1. The standard InChI is InChI=1S/C24H26N10O2/c1-14(35)28-18-10-15(6-8-26-18)36-17-13-27-22-21(16(17)12-25)32(4)23(30-22)29-19-11-20-33(5)24(2,3)7-9-34(20)31-19/h6,8,10-11,13H,7,9H2,1-5H3,(H,26,28,35)(H,27,29,30,31). The summed E-state index contributed by atoms with van der Waals surface area (Å²) in [7, 11) is 3.87. The Morgan fingerprint density at radius 3 is 2.78 bits per heavy atom. The van der Waals surface area contributed by atoms with Gasteiger partial charge in [0.15, 0.2) is 17.2 Å². The Labute approximate surface area is 207 Å². The van der Waals surface area contributed by atoms with Crippen molar-refractivity contribution < 1.29 is 9.53 Å². The Bertz CT molecular complexity index is 1530. The molecular weight excluding hydrogens is 460 g/mol. The van der Waals surface area contributed by atoms with Crippen molar-refractivity contribution in [3.8, 4) is 17.6 Å². The molecule has 1 aliphatic heterocycles. The molecule has 36 heavy (non-hydrogen) atoms. The van der Waals surface area contributed by atoms with Crippen molar-refractivity contribution in [2.45, 2.75) is 39.3 Å². The number of hydrogen-bond acceptors (Lipinski definition) is 9. The fourth-order valence-electron chi connectivity index (χ4n) is 4.18. The van der Waals surface area contributed by atoms with Gasteiger partial charge in [0.1, 0.15) is 34.5 Å². The Hall–Kier alpha value is -4.66. The summed E-state index contributed by atoms with van der Waals surface area (Å²) >= 11 is 0. The van der Waals surface area contributed by atoms with Crippen LogP contribution >= 0.6 is 0 Å². The molecule has 0 bridgehead atoms. The number of aromatic nitrogens is 6. The van der Waals surface area contributed by atoms with Crippen molar-refractivity contribution in [2.75, 3.05) is 22.6 Å².